The predicted molar refractivity (Wildman–Crippen MR) is 150 cm³/mol. The van der Waals surface area contributed by atoms with Gasteiger partial charge in [-0.25, -0.2) is 14.2 Å². The van der Waals surface area contributed by atoms with E-state index in [0.29, 0.717) is 46.9 Å². The molecule has 4 rings (SSSR count). The van der Waals surface area contributed by atoms with E-state index in [2.05, 4.69) is 4.98 Å². The number of benzene rings is 2. The second kappa shape index (κ2) is 14.4. The first kappa shape index (κ1) is 31.7. The minimum absolute atomic E-state index is 0. The average molecular weight is 534 g/mol. The molecule has 0 saturated heterocycles. The minimum Gasteiger partial charge on any atom is -0.493 e. The van der Waals surface area contributed by atoms with Crippen LogP contribution in [0.1, 0.15) is 32.4 Å². The molecule has 0 radical (unpaired) electrons. The van der Waals surface area contributed by atoms with Gasteiger partial charge in [-0.1, -0.05) is 24.3 Å². The zero-order valence-electron chi connectivity index (χ0n) is 22.0. The molecule has 37 heavy (non-hydrogen) atoms. The lowest BCUT2D eigenvalue weighted by Crippen LogP contribution is -2.26. The standard InChI is InChI=1S/C25H26FN3O3.C2H6S.2H2O/c1-5-32-23-12-17(10-11-22(23)31-4)15-28-24-21(29(16(2)3)25(28)30)13-18(14-27-24)19-8-6-7-9-20(19)26;1-3-2;;/h6-14,16H,5,15H2,1-4H3;1-2H3;2*1H2. The molecular weight excluding hydrogens is 497 g/mol. The van der Waals surface area contributed by atoms with Gasteiger partial charge in [-0.2, -0.15) is 11.8 Å². The fourth-order valence-corrected chi connectivity index (χ4v) is 3.91. The van der Waals surface area contributed by atoms with Crippen LogP contribution < -0.4 is 15.2 Å². The van der Waals surface area contributed by atoms with Crippen molar-refractivity contribution in [1.82, 2.24) is 14.1 Å². The van der Waals surface area contributed by atoms with Crippen LogP contribution in [-0.2, 0) is 6.54 Å². The zero-order chi connectivity index (χ0) is 25.5. The molecule has 4 aromatic rings. The van der Waals surface area contributed by atoms with Crippen LogP contribution in [-0.4, -0.2) is 51.3 Å². The molecule has 2 aromatic heterocycles. The number of aromatic nitrogens is 3. The third-order valence-corrected chi connectivity index (χ3v) is 5.37. The van der Waals surface area contributed by atoms with Gasteiger partial charge < -0.3 is 20.4 Å². The van der Waals surface area contributed by atoms with Gasteiger partial charge in [0, 0.05) is 23.4 Å². The summed E-state index contributed by atoms with van der Waals surface area (Å²) in [7, 11) is 1.59. The van der Waals surface area contributed by atoms with Crippen LogP contribution in [0.25, 0.3) is 22.3 Å². The lowest BCUT2D eigenvalue weighted by atomic mass is 10.1. The summed E-state index contributed by atoms with van der Waals surface area (Å²) in [6.45, 7) is 6.63. The van der Waals surface area contributed by atoms with E-state index in [0.717, 1.165) is 5.56 Å². The summed E-state index contributed by atoms with van der Waals surface area (Å²) in [5.41, 5.74) is 3.03. The number of hydrogen-bond acceptors (Lipinski definition) is 5. The lowest BCUT2D eigenvalue weighted by molar-refractivity contribution is 0.310. The number of imidazole rings is 1. The number of pyridine rings is 1. The van der Waals surface area contributed by atoms with Gasteiger partial charge in [0.15, 0.2) is 17.1 Å². The van der Waals surface area contributed by atoms with E-state index in [-0.39, 0.29) is 28.5 Å². The van der Waals surface area contributed by atoms with Crippen LogP contribution in [0.2, 0.25) is 0 Å². The Morgan fingerprint density at radius 1 is 1.05 bits per heavy atom. The number of rotatable bonds is 7. The topological polar surface area (TPSA) is 121 Å². The molecule has 0 spiro atoms. The predicted octanol–water partition coefficient (Wildman–Crippen LogP) is 4.37. The van der Waals surface area contributed by atoms with E-state index >= 15 is 0 Å². The first-order chi connectivity index (χ1) is 16.9. The van der Waals surface area contributed by atoms with Gasteiger partial charge in [-0.15, -0.1) is 0 Å². The highest BCUT2D eigenvalue weighted by atomic mass is 32.2. The van der Waals surface area contributed by atoms with Gasteiger partial charge in [-0.3, -0.25) is 9.13 Å². The Morgan fingerprint density at radius 3 is 2.32 bits per heavy atom. The number of thioether (sulfide) groups is 1. The molecule has 0 aliphatic carbocycles. The van der Waals surface area contributed by atoms with Crippen LogP contribution in [0.5, 0.6) is 11.5 Å². The average Bonchev–Trinajstić information content (AvgIpc) is 3.11. The molecular formula is C27H36FN3O5S. The number of ether oxygens (including phenoxy) is 2. The molecule has 8 nitrogen and oxygen atoms in total. The first-order valence-electron chi connectivity index (χ1n) is 11.4. The highest BCUT2D eigenvalue weighted by Gasteiger charge is 2.19. The minimum atomic E-state index is -0.326. The summed E-state index contributed by atoms with van der Waals surface area (Å²) in [5, 5.41) is 0. The molecule has 0 saturated carbocycles. The third-order valence-electron chi connectivity index (χ3n) is 5.37. The maximum Gasteiger partial charge on any atom is 0.330 e. The normalized spacial score (nSPS) is 10.3. The Labute approximate surface area is 220 Å². The molecule has 0 amide bonds. The second-order valence-corrected chi connectivity index (χ2v) is 9.02. The van der Waals surface area contributed by atoms with E-state index in [9.17, 15) is 9.18 Å². The van der Waals surface area contributed by atoms with E-state index in [1.54, 1.807) is 52.4 Å². The molecule has 2 aromatic carbocycles. The van der Waals surface area contributed by atoms with Crippen LogP contribution >= 0.6 is 11.8 Å². The maximum absolute atomic E-state index is 14.3. The Hall–Kier alpha value is -3.34. The first-order valence-corrected chi connectivity index (χ1v) is 13.0. The maximum atomic E-state index is 14.3. The van der Waals surface area contributed by atoms with Crippen LogP contribution in [0.15, 0.2) is 59.5 Å². The SMILES string of the molecule is CCOc1cc(Cn2c(=O)n(C(C)C)c3cc(-c4ccccc4F)cnc32)ccc1OC.CSC.O.O. The molecule has 202 valence electrons. The summed E-state index contributed by atoms with van der Waals surface area (Å²) in [4.78, 5) is 17.9. The van der Waals surface area contributed by atoms with Gasteiger partial charge in [-0.05, 0) is 63.1 Å². The van der Waals surface area contributed by atoms with Gasteiger partial charge in [0.1, 0.15) is 5.82 Å². The fourth-order valence-electron chi connectivity index (χ4n) is 3.91. The molecule has 0 fully saturated rings. The molecule has 4 N–H and O–H groups in total. The highest BCUT2D eigenvalue weighted by Crippen LogP contribution is 2.29. The Bertz CT molecular complexity index is 1350. The number of methoxy groups -OCH3 is 1. The quantitative estimate of drug-likeness (QED) is 0.349. The van der Waals surface area contributed by atoms with E-state index < -0.39 is 0 Å². The monoisotopic (exact) mass is 533 g/mol. The summed E-state index contributed by atoms with van der Waals surface area (Å²) in [5.74, 6) is 0.941. The molecule has 0 unspecified atom stereocenters. The van der Waals surface area contributed by atoms with Gasteiger partial charge in [0.25, 0.3) is 0 Å². The van der Waals surface area contributed by atoms with E-state index in [1.807, 2.05) is 57.5 Å². The zero-order valence-corrected chi connectivity index (χ0v) is 22.9. The Morgan fingerprint density at radius 2 is 1.73 bits per heavy atom. The number of hydrogen-bond donors (Lipinski definition) is 0. The van der Waals surface area contributed by atoms with Crippen molar-refractivity contribution < 1.29 is 24.8 Å². The van der Waals surface area contributed by atoms with Crippen molar-refractivity contribution >= 4 is 22.9 Å². The number of fused-ring (bicyclic) bond motifs is 1. The smallest absolute Gasteiger partial charge is 0.330 e. The summed E-state index contributed by atoms with van der Waals surface area (Å²) in [6, 6.07) is 13.9. The van der Waals surface area contributed by atoms with Crippen LogP contribution in [0, 0.1) is 5.82 Å². The molecule has 0 aliphatic heterocycles. The van der Waals surface area contributed by atoms with Crippen molar-refractivity contribution in [3.63, 3.8) is 0 Å². The van der Waals surface area contributed by atoms with Gasteiger partial charge in [0.05, 0.1) is 25.8 Å². The van der Waals surface area contributed by atoms with E-state index in [4.69, 9.17) is 9.47 Å². The summed E-state index contributed by atoms with van der Waals surface area (Å²) in [6.07, 6.45) is 5.70. The van der Waals surface area contributed by atoms with Crippen molar-refractivity contribution in [3.05, 3.63) is 76.6 Å². The van der Waals surface area contributed by atoms with Crippen molar-refractivity contribution in [3.8, 4) is 22.6 Å². The molecule has 0 bridgehead atoms. The number of nitrogens with zero attached hydrogens (tertiary/aromatic N) is 3. The van der Waals surface area contributed by atoms with Crippen molar-refractivity contribution in [2.45, 2.75) is 33.4 Å². The third kappa shape index (κ3) is 6.91. The Kier molecular flexibility index (Phi) is 12.3. The fraction of sp³-hybridized carbons (Fsp3) is 0.333. The lowest BCUT2D eigenvalue weighted by Gasteiger charge is -2.11. The number of halogens is 1. The molecule has 0 aliphatic rings. The highest BCUT2D eigenvalue weighted by molar-refractivity contribution is 7.97. The summed E-state index contributed by atoms with van der Waals surface area (Å²) < 4.78 is 28.7. The second-order valence-electron chi connectivity index (χ2n) is 8.21. The molecule has 2 heterocycles. The molecule has 10 heteroatoms. The van der Waals surface area contributed by atoms with Crippen LogP contribution in [0.3, 0.4) is 0 Å². The Balaban J connectivity index is 0.00000131. The van der Waals surface area contributed by atoms with Gasteiger partial charge in [0.2, 0.25) is 0 Å². The van der Waals surface area contributed by atoms with Crippen molar-refractivity contribution in [1.29, 1.82) is 0 Å². The van der Waals surface area contributed by atoms with Crippen LogP contribution in [0.4, 0.5) is 4.39 Å². The molecule has 0 atom stereocenters. The largest absolute Gasteiger partial charge is 0.493 e. The van der Waals surface area contributed by atoms with Crippen molar-refractivity contribution in [2.75, 3.05) is 26.2 Å². The van der Waals surface area contributed by atoms with E-state index in [1.165, 1.54) is 6.07 Å². The van der Waals surface area contributed by atoms with Crippen molar-refractivity contribution in [2.24, 2.45) is 0 Å². The summed E-state index contributed by atoms with van der Waals surface area (Å²) >= 11 is 1.75. The van der Waals surface area contributed by atoms with Gasteiger partial charge >= 0.3 is 5.69 Å².